The van der Waals surface area contributed by atoms with E-state index in [0.29, 0.717) is 57.2 Å². The molecule has 3 aromatic rings. The van der Waals surface area contributed by atoms with Gasteiger partial charge in [0.1, 0.15) is 15.7 Å². The Morgan fingerprint density at radius 1 is 1.20 bits per heavy atom. The van der Waals surface area contributed by atoms with Crippen molar-refractivity contribution in [3.8, 4) is 5.75 Å². The molecular weight excluding hydrogens is 728 g/mol. The number of aryl methyl sites for hydroxylation is 1. The molecule has 1 spiro atoms. The maximum atomic E-state index is 14.7. The molecular formula is C41H51ClN4O7S. The molecule has 1 fully saturated rings. The lowest BCUT2D eigenvalue weighted by Gasteiger charge is -2.45. The molecule has 5 aliphatic rings. The van der Waals surface area contributed by atoms with Crippen LogP contribution >= 0.6 is 11.6 Å². The molecule has 2 N–H and O–H groups in total. The van der Waals surface area contributed by atoms with Gasteiger partial charge in [-0.1, -0.05) is 36.7 Å². The predicted octanol–water partition coefficient (Wildman–Crippen LogP) is 6.34. The van der Waals surface area contributed by atoms with Crippen LogP contribution in [0.5, 0.6) is 5.75 Å². The van der Waals surface area contributed by atoms with Crippen LogP contribution in [-0.4, -0.2) is 77.1 Å². The number of ether oxygens (including phenoxy) is 3. The first kappa shape index (κ1) is 37.3. The van der Waals surface area contributed by atoms with Crippen LogP contribution in [0.3, 0.4) is 0 Å². The Morgan fingerprint density at radius 2 is 2.07 bits per heavy atom. The number of aliphatic hydroxyl groups is 1. The van der Waals surface area contributed by atoms with Crippen molar-refractivity contribution in [2.75, 3.05) is 44.1 Å². The Hall–Kier alpha value is -3.68. The molecule has 2 amide bonds. The maximum Gasteiger partial charge on any atom is 0.286 e. The number of rotatable bonds is 4. The van der Waals surface area contributed by atoms with E-state index in [-0.39, 0.29) is 42.0 Å². The van der Waals surface area contributed by atoms with E-state index in [9.17, 15) is 18.9 Å². The summed E-state index contributed by atoms with van der Waals surface area (Å²) in [5, 5.41) is 12.1. The van der Waals surface area contributed by atoms with Gasteiger partial charge in [0.2, 0.25) is 0 Å². The highest BCUT2D eigenvalue weighted by Gasteiger charge is 2.44. The molecule has 2 aromatic carbocycles. The summed E-state index contributed by atoms with van der Waals surface area (Å²) in [5.74, 6) is -0.494. The van der Waals surface area contributed by atoms with E-state index in [0.717, 1.165) is 48.5 Å². The second-order valence-electron chi connectivity index (χ2n) is 15.9. The van der Waals surface area contributed by atoms with Crippen LogP contribution in [0.25, 0.3) is 0 Å². The highest BCUT2D eigenvalue weighted by Crippen LogP contribution is 2.47. The Kier molecular flexibility index (Phi) is 10.4. The lowest BCUT2D eigenvalue weighted by molar-refractivity contribution is -0.0382. The average Bonchev–Trinajstić information content (AvgIpc) is 3.49. The van der Waals surface area contributed by atoms with E-state index < -0.39 is 27.8 Å². The van der Waals surface area contributed by atoms with E-state index in [4.69, 9.17) is 25.8 Å². The molecule has 1 saturated carbocycles. The number of methoxy groups -OCH3 is 1. The first-order chi connectivity index (χ1) is 26.0. The molecule has 2 bridgehead atoms. The number of hydrogen-bond acceptors (Lipinski definition) is 8. The predicted molar refractivity (Wildman–Crippen MR) is 210 cm³/mol. The summed E-state index contributed by atoms with van der Waals surface area (Å²) in [6, 6.07) is 13.2. The van der Waals surface area contributed by atoms with Crippen LogP contribution < -0.4 is 14.4 Å². The summed E-state index contributed by atoms with van der Waals surface area (Å²) < 4.78 is 41.3. The van der Waals surface area contributed by atoms with Crippen molar-refractivity contribution >= 4 is 39.0 Å². The van der Waals surface area contributed by atoms with Crippen molar-refractivity contribution in [1.29, 1.82) is 0 Å². The molecule has 11 nitrogen and oxygen atoms in total. The second kappa shape index (κ2) is 15.1. The van der Waals surface area contributed by atoms with Crippen molar-refractivity contribution in [3.05, 3.63) is 93.8 Å². The van der Waals surface area contributed by atoms with Crippen molar-refractivity contribution in [1.82, 2.24) is 9.29 Å². The number of amides is 2. The summed E-state index contributed by atoms with van der Waals surface area (Å²) in [4.78, 5) is 30.1. The van der Waals surface area contributed by atoms with Crippen LogP contribution in [0, 0.1) is 17.8 Å². The Balaban J connectivity index is 0.00000465. The molecule has 2 aliphatic carbocycles. The van der Waals surface area contributed by atoms with Gasteiger partial charge < -0.3 is 28.8 Å². The fraction of sp³-hybridized carbons (Fsp3) is 0.512. The fourth-order valence-electron chi connectivity index (χ4n) is 9.07. The molecule has 7 atom stereocenters. The molecule has 1 aromatic heterocycles. The summed E-state index contributed by atoms with van der Waals surface area (Å²) in [7, 11) is -1.98. The number of nitrogens with zero attached hydrogens (tertiary/aromatic N) is 3. The van der Waals surface area contributed by atoms with Gasteiger partial charge in [0, 0.05) is 49.5 Å². The standard InChI is InChI=1S/C41H49ClN4O7S.H2/c1-26-5-3-7-37(47)34-11-8-29(34)18-46-24-41(14-4-6-27-15-31(42)10-12-35(27)41)25-53-38-13-9-28(17-36(38)46)39(48)43-54(50,23-26)44-40(49)30-16-32-21-52-33(22-51-2)20-45(32)19-30;/h3,7,9-10,12-13,15-17,19,26,29,33-34,37,47H,4-6,8,11,14,18,20-25H2,1-2H3,(H,43,44,48,49,50);1H/b7-3+;/t26-,29-,33-,34+,37-,41-,54?;/m0./s1. The van der Waals surface area contributed by atoms with Gasteiger partial charge in [-0.3, -0.25) is 14.3 Å². The fourth-order valence-corrected chi connectivity index (χ4v) is 11.2. The molecule has 1 unspecified atom stereocenters. The minimum absolute atomic E-state index is 0. The van der Waals surface area contributed by atoms with E-state index in [2.05, 4.69) is 26.1 Å². The normalized spacial score (nSPS) is 31.4. The number of aliphatic hydroxyl groups excluding tert-OH is 1. The van der Waals surface area contributed by atoms with E-state index in [1.54, 1.807) is 31.5 Å². The number of allylic oxidation sites excluding steroid dienone is 1. The Bertz CT molecular complexity index is 2100. The van der Waals surface area contributed by atoms with Crippen molar-refractivity contribution in [2.24, 2.45) is 22.1 Å². The zero-order valence-electron chi connectivity index (χ0n) is 30.9. The number of nitrogens with one attached hydrogen (secondary N) is 1. The second-order valence-corrected chi connectivity index (χ2v) is 18.4. The highest BCUT2D eigenvalue weighted by atomic mass is 35.5. The van der Waals surface area contributed by atoms with Gasteiger partial charge in [-0.2, -0.15) is 0 Å². The van der Waals surface area contributed by atoms with E-state index in [1.165, 1.54) is 11.1 Å². The van der Waals surface area contributed by atoms with Gasteiger partial charge in [0.25, 0.3) is 11.8 Å². The van der Waals surface area contributed by atoms with Crippen molar-refractivity contribution in [3.63, 3.8) is 0 Å². The van der Waals surface area contributed by atoms with Crippen LogP contribution in [0.1, 0.15) is 78.0 Å². The molecule has 0 radical (unpaired) electrons. The lowest BCUT2D eigenvalue weighted by Crippen LogP contribution is -2.49. The van der Waals surface area contributed by atoms with Gasteiger partial charge in [-0.15, -0.1) is 4.36 Å². The third-order valence-electron chi connectivity index (χ3n) is 12.0. The molecule has 54 heavy (non-hydrogen) atoms. The number of benzene rings is 2. The van der Waals surface area contributed by atoms with Crippen molar-refractivity contribution < 1.29 is 34.5 Å². The minimum atomic E-state index is -3.59. The zero-order chi connectivity index (χ0) is 37.6. The number of halogens is 1. The summed E-state index contributed by atoms with van der Waals surface area (Å²) in [6.07, 6.45) is 10.1. The van der Waals surface area contributed by atoms with Crippen LogP contribution in [0.4, 0.5) is 5.69 Å². The smallest absolute Gasteiger partial charge is 0.286 e. The zero-order valence-corrected chi connectivity index (χ0v) is 32.4. The first-order valence-corrected chi connectivity index (χ1v) is 21.1. The average molecular weight is 779 g/mol. The number of anilines is 1. The van der Waals surface area contributed by atoms with Gasteiger partial charge in [0.05, 0.1) is 55.6 Å². The monoisotopic (exact) mass is 778 g/mol. The van der Waals surface area contributed by atoms with Gasteiger partial charge in [-0.05, 0) is 104 Å². The maximum absolute atomic E-state index is 14.7. The van der Waals surface area contributed by atoms with Crippen LogP contribution in [-0.2, 0) is 44.4 Å². The van der Waals surface area contributed by atoms with Gasteiger partial charge in [0.15, 0.2) is 0 Å². The van der Waals surface area contributed by atoms with Crippen molar-refractivity contribution in [2.45, 2.75) is 76.2 Å². The van der Waals surface area contributed by atoms with Crippen LogP contribution in [0.2, 0.25) is 5.02 Å². The molecule has 8 rings (SSSR count). The Morgan fingerprint density at radius 3 is 2.89 bits per heavy atom. The molecule has 13 heteroatoms. The van der Waals surface area contributed by atoms with E-state index >= 15 is 0 Å². The molecule has 4 heterocycles. The summed E-state index contributed by atoms with van der Waals surface area (Å²) in [5.41, 5.74) is 4.36. The third-order valence-corrected chi connectivity index (χ3v) is 14.2. The van der Waals surface area contributed by atoms with Crippen LogP contribution in [0.15, 0.2) is 65.2 Å². The minimum Gasteiger partial charge on any atom is -0.490 e. The quantitative estimate of drug-likeness (QED) is 0.294. The van der Waals surface area contributed by atoms with Gasteiger partial charge in [-0.25, -0.2) is 4.21 Å². The SMILES string of the molecule is COC[C@@H]1Cn2cc(C(=O)NS3(=O)=NC(=O)c4ccc5c(c4)N(C[C@@H]4CC[C@H]4[C@@H](O)/C=C/C[C@H](C)C3)C[C@@]3(CCCc4cc(Cl)ccc43)CO5)cc2CO1.[HH]. The number of fused-ring (bicyclic) bond motifs is 5. The summed E-state index contributed by atoms with van der Waals surface area (Å²) in [6.45, 7) is 5.00. The molecule has 3 aliphatic heterocycles. The topological polar surface area (TPSA) is 132 Å². The third kappa shape index (κ3) is 7.47. The first-order valence-electron chi connectivity index (χ1n) is 19.1. The molecule has 290 valence electrons. The lowest BCUT2D eigenvalue weighted by atomic mass is 9.68. The number of aromatic nitrogens is 1. The Labute approximate surface area is 323 Å². The number of carbonyl (C=O) groups is 2. The largest absolute Gasteiger partial charge is 0.490 e. The van der Waals surface area contributed by atoms with Gasteiger partial charge >= 0.3 is 0 Å². The number of carbonyl (C=O) groups excluding carboxylic acids is 2. The summed E-state index contributed by atoms with van der Waals surface area (Å²) >= 11 is 6.45. The molecule has 0 saturated heterocycles. The highest BCUT2D eigenvalue weighted by molar-refractivity contribution is 7.92. The number of hydrogen-bond donors (Lipinski definition) is 2. The van der Waals surface area contributed by atoms with E-state index in [1.807, 2.05) is 35.8 Å².